The Morgan fingerprint density at radius 1 is 0.816 bits per heavy atom. The minimum Gasteiger partial charge on any atom is -0.455 e. The molecule has 6 rings (SSSR count). The maximum Gasteiger partial charge on any atom is 0.416 e. The summed E-state index contributed by atoms with van der Waals surface area (Å²) in [7, 11) is 0. The lowest BCUT2D eigenvalue weighted by Gasteiger charge is -2.38. The van der Waals surface area contributed by atoms with E-state index in [4.69, 9.17) is 9.15 Å². The zero-order valence-electron chi connectivity index (χ0n) is 20.9. The Morgan fingerprint density at radius 3 is 2.34 bits per heavy atom. The first-order valence-corrected chi connectivity index (χ1v) is 12.9. The third-order valence-electron chi connectivity index (χ3n) is 7.63. The van der Waals surface area contributed by atoms with Crippen LogP contribution in [0, 0.1) is 0 Å². The Kier molecular flexibility index (Phi) is 6.46. The van der Waals surface area contributed by atoms with Gasteiger partial charge in [0, 0.05) is 21.8 Å². The van der Waals surface area contributed by atoms with Crippen LogP contribution in [0.15, 0.2) is 95.4 Å². The molecule has 4 aromatic carbocycles. The van der Waals surface area contributed by atoms with Crippen LogP contribution in [0.1, 0.15) is 29.5 Å². The molecule has 0 amide bonds. The predicted molar refractivity (Wildman–Crippen MR) is 144 cm³/mol. The van der Waals surface area contributed by atoms with E-state index in [1.807, 2.05) is 60.7 Å². The number of piperidine rings is 1. The number of halogens is 3. The van der Waals surface area contributed by atoms with Crippen molar-refractivity contribution in [3.8, 4) is 11.1 Å². The molecule has 0 unspecified atom stereocenters. The summed E-state index contributed by atoms with van der Waals surface area (Å²) >= 11 is 0. The van der Waals surface area contributed by atoms with Crippen molar-refractivity contribution in [2.24, 2.45) is 0 Å². The molecule has 1 aromatic heterocycles. The first kappa shape index (κ1) is 24.7. The van der Waals surface area contributed by atoms with Gasteiger partial charge in [0.2, 0.25) is 0 Å². The van der Waals surface area contributed by atoms with Crippen molar-refractivity contribution in [3.63, 3.8) is 0 Å². The van der Waals surface area contributed by atoms with Crippen molar-refractivity contribution < 1.29 is 22.3 Å². The molecule has 1 saturated heterocycles. The summed E-state index contributed by atoms with van der Waals surface area (Å²) < 4.78 is 54.2. The Labute approximate surface area is 219 Å². The molecule has 38 heavy (non-hydrogen) atoms. The average molecular weight is 516 g/mol. The molecule has 2 heterocycles. The molecular formula is C32H28F3NO2. The number of hydrogen-bond donors (Lipinski definition) is 1. The lowest BCUT2D eigenvalue weighted by atomic mass is 9.74. The summed E-state index contributed by atoms with van der Waals surface area (Å²) in [6.07, 6.45) is -2.65. The summed E-state index contributed by atoms with van der Waals surface area (Å²) in [6.45, 7) is 2.30. The lowest BCUT2D eigenvalue weighted by molar-refractivity contribution is -0.137. The number of ether oxygens (including phenoxy) is 1. The molecule has 0 bridgehead atoms. The number of hydrogen-bond acceptors (Lipinski definition) is 3. The third-order valence-corrected chi connectivity index (χ3v) is 7.63. The highest BCUT2D eigenvalue weighted by atomic mass is 19.4. The predicted octanol–water partition coefficient (Wildman–Crippen LogP) is 8.11. The fourth-order valence-corrected chi connectivity index (χ4v) is 5.65. The van der Waals surface area contributed by atoms with E-state index in [0.29, 0.717) is 34.5 Å². The second kappa shape index (κ2) is 9.93. The summed E-state index contributed by atoms with van der Waals surface area (Å²) in [5, 5.41) is 5.22. The zero-order chi connectivity index (χ0) is 26.2. The quantitative estimate of drug-likeness (QED) is 0.248. The van der Waals surface area contributed by atoms with Crippen LogP contribution in [0.2, 0.25) is 0 Å². The van der Waals surface area contributed by atoms with E-state index in [-0.39, 0.29) is 12.0 Å². The van der Waals surface area contributed by atoms with Gasteiger partial charge in [-0.25, -0.2) is 0 Å². The molecule has 0 saturated carbocycles. The van der Waals surface area contributed by atoms with Crippen LogP contribution in [0.3, 0.4) is 0 Å². The summed E-state index contributed by atoms with van der Waals surface area (Å²) in [5.74, 6) is 0. The van der Waals surface area contributed by atoms with Crippen molar-refractivity contribution in [2.45, 2.75) is 31.0 Å². The first-order chi connectivity index (χ1) is 18.4. The third kappa shape index (κ3) is 4.70. The Hall–Kier alpha value is -3.61. The fraction of sp³-hybridized carbons (Fsp3) is 0.250. The lowest BCUT2D eigenvalue weighted by Crippen LogP contribution is -2.43. The van der Waals surface area contributed by atoms with Crippen molar-refractivity contribution in [1.82, 2.24) is 5.32 Å². The molecule has 0 spiro atoms. The summed E-state index contributed by atoms with van der Waals surface area (Å²) in [5.41, 5.74) is 3.23. The number of alkyl halides is 3. The van der Waals surface area contributed by atoms with Gasteiger partial charge in [-0.15, -0.1) is 0 Å². The van der Waals surface area contributed by atoms with E-state index in [1.54, 1.807) is 6.07 Å². The Bertz CT molecular complexity index is 1570. The molecular weight excluding hydrogens is 487 g/mol. The van der Waals surface area contributed by atoms with E-state index in [1.165, 1.54) is 17.7 Å². The highest BCUT2D eigenvalue weighted by molar-refractivity contribution is 6.09. The van der Waals surface area contributed by atoms with Crippen LogP contribution < -0.4 is 5.32 Å². The van der Waals surface area contributed by atoms with Gasteiger partial charge in [0.05, 0.1) is 18.8 Å². The molecule has 5 aromatic rings. The topological polar surface area (TPSA) is 34.4 Å². The molecule has 194 valence electrons. The Balaban J connectivity index is 1.34. The van der Waals surface area contributed by atoms with Crippen LogP contribution in [0.25, 0.3) is 33.1 Å². The minimum absolute atomic E-state index is 0.0923. The van der Waals surface area contributed by atoms with Crippen LogP contribution >= 0.6 is 0 Å². The van der Waals surface area contributed by atoms with Gasteiger partial charge in [-0.05, 0) is 66.9 Å². The largest absolute Gasteiger partial charge is 0.455 e. The minimum atomic E-state index is -4.48. The van der Waals surface area contributed by atoms with Crippen molar-refractivity contribution in [2.75, 3.05) is 19.7 Å². The van der Waals surface area contributed by atoms with E-state index in [9.17, 15) is 13.2 Å². The summed E-state index contributed by atoms with van der Waals surface area (Å²) in [6, 6.07) is 27.7. The maximum atomic E-state index is 14.0. The molecule has 1 aliphatic heterocycles. The van der Waals surface area contributed by atoms with Crippen LogP contribution in [0.4, 0.5) is 13.2 Å². The highest BCUT2D eigenvalue weighted by Crippen LogP contribution is 2.39. The number of furan rings is 1. The molecule has 1 fully saturated rings. The number of fused-ring (bicyclic) bond motifs is 3. The van der Waals surface area contributed by atoms with Gasteiger partial charge in [0.15, 0.2) is 0 Å². The molecule has 0 radical (unpaired) electrons. The van der Waals surface area contributed by atoms with E-state index >= 15 is 0 Å². The van der Waals surface area contributed by atoms with E-state index in [0.717, 1.165) is 36.7 Å². The second-order valence-corrected chi connectivity index (χ2v) is 10.1. The van der Waals surface area contributed by atoms with Gasteiger partial charge in [-0.1, -0.05) is 66.7 Å². The van der Waals surface area contributed by atoms with Gasteiger partial charge in [-0.2, -0.15) is 13.2 Å². The van der Waals surface area contributed by atoms with Gasteiger partial charge in [-0.3, -0.25) is 0 Å². The van der Waals surface area contributed by atoms with Gasteiger partial charge < -0.3 is 14.5 Å². The molecule has 3 nitrogen and oxygen atoms in total. The monoisotopic (exact) mass is 515 g/mol. The van der Waals surface area contributed by atoms with Crippen molar-refractivity contribution >= 4 is 21.9 Å². The molecule has 1 N–H and O–H groups in total. The number of nitrogens with one attached hydrogen (secondary N) is 1. The maximum absolute atomic E-state index is 14.0. The summed E-state index contributed by atoms with van der Waals surface area (Å²) in [4.78, 5) is 0. The molecule has 0 aliphatic carbocycles. The number of benzene rings is 4. The smallest absolute Gasteiger partial charge is 0.416 e. The Morgan fingerprint density at radius 2 is 1.55 bits per heavy atom. The number of rotatable bonds is 6. The first-order valence-electron chi connectivity index (χ1n) is 12.9. The normalized spacial score (nSPS) is 15.8. The van der Waals surface area contributed by atoms with Crippen molar-refractivity contribution in [3.05, 3.63) is 108 Å². The standard InChI is InChI=1S/C32H28F3NO2/c33-32(34,35)25-18-22(20-37-21-31(13-15-36-16-14-31)24-7-2-1-3-8-24)17-23(19-25)26-10-6-11-28-27-9-4-5-12-29(27)38-30(26)28/h1-12,17-19,36H,13-16,20-21H2. The number of para-hydroxylation sites is 2. The van der Waals surface area contributed by atoms with Gasteiger partial charge >= 0.3 is 6.18 Å². The van der Waals surface area contributed by atoms with Crippen LogP contribution in [-0.2, 0) is 22.9 Å². The highest BCUT2D eigenvalue weighted by Gasteiger charge is 2.35. The van der Waals surface area contributed by atoms with Crippen LogP contribution in [0.5, 0.6) is 0 Å². The zero-order valence-corrected chi connectivity index (χ0v) is 20.9. The van der Waals surface area contributed by atoms with E-state index in [2.05, 4.69) is 17.4 Å². The molecule has 0 atom stereocenters. The second-order valence-electron chi connectivity index (χ2n) is 10.1. The fourth-order valence-electron chi connectivity index (χ4n) is 5.65. The molecule has 1 aliphatic rings. The van der Waals surface area contributed by atoms with E-state index < -0.39 is 11.7 Å². The van der Waals surface area contributed by atoms with Gasteiger partial charge in [0.1, 0.15) is 11.2 Å². The average Bonchev–Trinajstić information content (AvgIpc) is 3.32. The molecule has 6 heteroatoms. The van der Waals surface area contributed by atoms with Gasteiger partial charge in [0.25, 0.3) is 0 Å². The SMILES string of the molecule is FC(F)(F)c1cc(COCC2(c3ccccc3)CCNCC2)cc(-c2cccc3c2oc2ccccc23)c1. The van der Waals surface area contributed by atoms with Crippen molar-refractivity contribution in [1.29, 1.82) is 0 Å². The van der Waals surface area contributed by atoms with Crippen LogP contribution in [-0.4, -0.2) is 19.7 Å².